The van der Waals surface area contributed by atoms with Gasteiger partial charge in [0.25, 0.3) is 0 Å². The molecule has 0 bridgehead atoms. The Morgan fingerprint density at radius 3 is 0.904 bits per heavy atom. The third-order valence-electron chi connectivity index (χ3n) is 13.1. The molecule has 6 nitrogen and oxygen atoms in total. The summed E-state index contributed by atoms with van der Waals surface area (Å²) in [6.45, 7) is 6.45. The number of hydrogen-bond donors (Lipinski definition) is 0. The number of hydrogen-bond acceptors (Lipinski definition) is 6. The van der Waals surface area contributed by atoms with Crippen molar-refractivity contribution in [1.29, 1.82) is 0 Å². The average Bonchev–Trinajstić information content (AvgIpc) is 3.39. The minimum atomic E-state index is -0.833. The second-order valence-electron chi connectivity index (χ2n) is 20.3. The number of allylic oxidation sites excluding steroid dienone is 15. The van der Waals surface area contributed by atoms with E-state index in [4.69, 9.17) is 14.2 Å². The Labute approximate surface area is 451 Å². The smallest absolute Gasteiger partial charge is 0.310 e. The molecule has 73 heavy (non-hydrogen) atoms. The molecule has 0 aromatic carbocycles. The first-order valence-electron chi connectivity index (χ1n) is 30.7. The van der Waals surface area contributed by atoms with Gasteiger partial charge >= 0.3 is 17.9 Å². The van der Waals surface area contributed by atoms with Gasteiger partial charge in [0.1, 0.15) is 13.2 Å². The third kappa shape index (κ3) is 59.1. The van der Waals surface area contributed by atoms with Crippen molar-refractivity contribution in [3.63, 3.8) is 0 Å². The Bertz CT molecular complexity index is 1440. The van der Waals surface area contributed by atoms with Gasteiger partial charge in [-0.15, -0.1) is 0 Å². The highest BCUT2D eigenvalue weighted by Gasteiger charge is 2.19. The fourth-order valence-corrected chi connectivity index (χ4v) is 8.53. The summed E-state index contributed by atoms with van der Waals surface area (Å²) >= 11 is 0. The highest BCUT2D eigenvalue weighted by Crippen LogP contribution is 2.16. The second-order valence-corrected chi connectivity index (χ2v) is 20.3. The number of carbonyl (C=O) groups is 3. The summed E-state index contributed by atoms with van der Waals surface area (Å²) in [4.78, 5) is 38.2. The topological polar surface area (TPSA) is 78.9 Å². The second kappa shape index (κ2) is 60.9. The first kappa shape index (κ1) is 69.3. The van der Waals surface area contributed by atoms with Gasteiger partial charge in [0.05, 0.1) is 6.42 Å². The zero-order valence-electron chi connectivity index (χ0n) is 47.9. The Kier molecular flexibility index (Phi) is 57.8. The summed E-state index contributed by atoms with van der Waals surface area (Å²) in [5.74, 6) is -1.04. The quantitative estimate of drug-likeness (QED) is 0.0261. The summed E-state index contributed by atoms with van der Waals surface area (Å²) in [5.41, 5.74) is 0. The molecule has 0 aromatic rings. The summed E-state index contributed by atoms with van der Waals surface area (Å²) < 4.78 is 16.8. The van der Waals surface area contributed by atoms with E-state index >= 15 is 0 Å². The van der Waals surface area contributed by atoms with E-state index in [9.17, 15) is 14.4 Å². The van der Waals surface area contributed by atoms with Gasteiger partial charge in [-0.2, -0.15) is 0 Å². The SMILES string of the molecule is CC/C=C\C/C=C\C/C=C\C/C=C\C/C=C\CC(=O)OC(COC(=O)CCCCCCCCCCCC/C=C\C/C=C\C/C=C\CCCCCCC)COC(=O)CCCCCCCCCCCCCCCCC. The Morgan fingerprint density at radius 1 is 0.301 bits per heavy atom. The van der Waals surface area contributed by atoms with E-state index in [1.54, 1.807) is 6.08 Å². The molecule has 0 heterocycles. The van der Waals surface area contributed by atoms with Gasteiger partial charge in [-0.25, -0.2) is 0 Å². The molecular formula is C67H114O6. The molecule has 0 aliphatic heterocycles. The fraction of sp³-hybridized carbons (Fsp3) is 0.716. The van der Waals surface area contributed by atoms with Gasteiger partial charge in [0.2, 0.25) is 0 Å². The first-order valence-corrected chi connectivity index (χ1v) is 30.7. The van der Waals surface area contributed by atoms with Crippen LogP contribution in [0.5, 0.6) is 0 Å². The van der Waals surface area contributed by atoms with Crippen molar-refractivity contribution in [1.82, 2.24) is 0 Å². The molecule has 1 atom stereocenters. The van der Waals surface area contributed by atoms with Gasteiger partial charge in [0, 0.05) is 12.8 Å². The van der Waals surface area contributed by atoms with Crippen LogP contribution in [0.25, 0.3) is 0 Å². The van der Waals surface area contributed by atoms with E-state index in [0.29, 0.717) is 12.8 Å². The largest absolute Gasteiger partial charge is 0.462 e. The first-order chi connectivity index (χ1) is 36.0. The van der Waals surface area contributed by atoms with Crippen LogP contribution in [0.2, 0.25) is 0 Å². The molecule has 0 aliphatic carbocycles. The minimum Gasteiger partial charge on any atom is -0.462 e. The van der Waals surface area contributed by atoms with Crippen LogP contribution in [0.3, 0.4) is 0 Å². The highest BCUT2D eigenvalue weighted by molar-refractivity contribution is 5.72. The van der Waals surface area contributed by atoms with Gasteiger partial charge in [0.15, 0.2) is 6.10 Å². The Morgan fingerprint density at radius 2 is 0.575 bits per heavy atom. The van der Waals surface area contributed by atoms with Crippen molar-refractivity contribution >= 4 is 17.9 Å². The van der Waals surface area contributed by atoms with Crippen LogP contribution in [0.1, 0.15) is 290 Å². The predicted molar refractivity (Wildman–Crippen MR) is 316 cm³/mol. The predicted octanol–water partition coefficient (Wildman–Crippen LogP) is 20.9. The van der Waals surface area contributed by atoms with Crippen LogP contribution < -0.4 is 0 Å². The molecule has 0 N–H and O–H groups in total. The maximum absolute atomic E-state index is 12.8. The lowest BCUT2D eigenvalue weighted by Crippen LogP contribution is -2.30. The number of carbonyl (C=O) groups excluding carboxylic acids is 3. The Hall–Kier alpha value is -3.67. The molecule has 0 aromatic heterocycles. The van der Waals surface area contributed by atoms with Gasteiger partial charge in [-0.05, 0) is 83.5 Å². The van der Waals surface area contributed by atoms with Gasteiger partial charge < -0.3 is 14.2 Å². The zero-order valence-corrected chi connectivity index (χ0v) is 47.9. The third-order valence-corrected chi connectivity index (χ3v) is 13.1. The van der Waals surface area contributed by atoms with E-state index < -0.39 is 12.1 Å². The molecule has 0 aliphatic rings. The van der Waals surface area contributed by atoms with Gasteiger partial charge in [-0.3, -0.25) is 14.4 Å². The normalized spacial score (nSPS) is 12.8. The maximum Gasteiger partial charge on any atom is 0.310 e. The maximum atomic E-state index is 12.8. The van der Waals surface area contributed by atoms with Crippen LogP contribution in [-0.2, 0) is 28.6 Å². The molecule has 0 rings (SSSR count). The highest BCUT2D eigenvalue weighted by atomic mass is 16.6. The van der Waals surface area contributed by atoms with Crippen LogP contribution in [0, 0.1) is 0 Å². The van der Waals surface area contributed by atoms with E-state index in [1.807, 2.05) is 6.08 Å². The van der Waals surface area contributed by atoms with Crippen molar-refractivity contribution in [3.8, 4) is 0 Å². The van der Waals surface area contributed by atoms with Crippen LogP contribution in [0.4, 0.5) is 0 Å². The standard InChI is InChI=1S/C67H114O6/c1-4-7-10-13-16-19-22-25-28-29-30-31-32-33-34-35-36-37-40-42-45-48-51-54-57-60-66(69)72-63-64(73-67(70)61-58-55-52-49-46-43-39-27-24-21-18-15-12-9-6-3)62-71-65(68)59-56-53-50-47-44-41-38-26-23-20-17-14-11-8-5-2/h9,12,18,21-22,25,27,29-30,32-33,39,46,49,55,58,64H,4-8,10-11,13-17,19-20,23-24,26,28,31,34-38,40-45,47-48,50-54,56-57,59-63H2,1-3H3/b12-9-,21-18-,25-22-,30-29-,33-32-,39-27-,49-46-,58-55-. The van der Waals surface area contributed by atoms with Crippen LogP contribution in [-0.4, -0.2) is 37.2 Å². The van der Waals surface area contributed by atoms with Crippen molar-refractivity contribution in [2.75, 3.05) is 13.2 Å². The van der Waals surface area contributed by atoms with Crippen molar-refractivity contribution in [3.05, 3.63) is 97.2 Å². The number of esters is 3. The number of rotatable bonds is 55. The van der Waals surface area contributed by atoms with Gasteiger partial charge in [-0.1, -0.05) is 285 Å². The lowest BCUT2D eigenvalue weighted by molar-refractivity contribution is -0.166. The molecule has 0 spiro atoms. The van der Waals surface area contributed by atoms with E-state index in [1.165, 1.54) is 167 Å². The average molecular weight is 1020 g/mol. The lowest BCUT2D eigenvalue weighted by atomic mass is 10.0. The molecule has 0 fully saturated rings. The molecule has 0 saturated heterocycles. The summed E-state index contributed by atoms with van der Waals surface area (Å²) in [7, 11) is 0. The molecule has 0 radical (unpaired) electrons. The monoisotopic (exact) mass is 1010 g/mol. The fourth-order valence-electron chi connectivity index (χ4n) is 8.53. The van der Waals surface area contributed by atoms with Crippen molar-refractivity contribution in [2.45, 2.75) is 297 Å². The Balaban J connectivity index is 4.39. The summed E-state index contributed by atoms with van der Waals surface area (Å²) in [6, 6.07) is 0. The summed E-state index contributed by atoms with van der Waals surface area (Å²) in [5, 5.41) is 0. The van der Waals surface area contributed by atoms with Crippen LogP contribution in [0.15, 0.2) is 97.2 Å². The van der Waals surface area contributed by atoms with E-state index in [-0.39, 0.29) is 31.6 Å². The minimum absolute atomic E-state index is 0.0962. The summed E-state index contributed by atoms with van der Waals surface area (Å²) in [6.07, 6.45) is 81.5. The molecule has 418 valence electrons. The molecular weight excluding hydrogens is 901 g/mol. The van der Waals surface area contributed by atoms with Crippen molar-refractivity contribution < 1.29 is 28.6 Å². The molecule has 0 saturated carbocycles. The number of ether oxygens (including phenoxy) is 3. The lowest BCUT2D eigenvalue weighted by Gasteiger charge is -2.18. The number of unbranched alkanes of at least 4 members (excludes halogenated alkanes) is 29. The molecule has 1 unspecified atom stereocenters. The zero-order chi connectivity index (χ0) is 52.9. The molecule has 6 heteroatoms. The van der Waals surface area contributed by atoms with Crippen molar-refractivity contribution in [2.24, 2.45) is 0 Å². The van der Waals surface area contributed by atoms with E-state index in [2.05, 4.69) is 106 Å². The molecule has 0 amide bonds. The van der Waals surface area contributed by atoms with E-state index in [0.717, 1.165) is 83.5 Å². The van der Waals surface area contributed by atoms with Crippen LogP contribution >= 0.6 is 0 Å².